The Morgan fingerprint density at radius 1 is 1.50 bits per heavy atom. The molecule has 2 aromatic heterocycles. The molecule has 2 rings (SSSR count). The Labute approximate surface area is 81.6 Å². The molecule has 0 amide bonds. The first-order chi connectivity index (χ1) is 6.79. The van der Waals surface area contributed by atoms with E-state index in [1.54, 1.807) is 18.5 Å². The number of anilines is 1. The molecule has 0 aliphatic heterocycles. The monoisotopic (exact) mass is 189 g/mol. The highest BCUT2D eigenvalue weighted by Crippen LogP contribution is 2.13. The van der Waals surface area contributed by atoms with Gasteiger partial charge in [-0.2, -0.15) is 5.10 Å². The first kappa shape index (κ1) is 8.68. The zero-order valence-corrected chi connectivity index (χ0v) is 7.88. The van der Waals surface area contributed by atoms with E-state index in [-0.39, 0.29) is 0 Å². The second kappa shape index (κ2) is 3.45. The van der Waals surface area contributed by atoms with E-state index < -0.39 is 0 Å². The Kier molecular flexibility index (Phi) is 2.14. The predicted molar refractivity (Wildman–Crippen MR) is 53.3 cm³/mol. The SMILES string of the molecule is CCn1cc(-c2nccc(N)n2)cn1. The molecule has 2 N–H and O–H groups in total. The van der Waals surface area contributed by atoms with Crippen molar-refractivity contribution in [2.24, 2.45) is 0 Å². The van der Waals surface area contributed by atoms with Crippen LogP contribution in [0.1, 0.15) is 6.92 Å². The van der Waals surface area contributed by atoms with Crippen molar-refractivity contribution in [1.82, 2.24) is 19.7 Å². The second-order valence-corrected chi connectivity index (χ2v) is 2.89. The van der Waals surface area contributed by atoms with Gasteiger partial charge in [-0.1, -0.05) is 0 Å². The van der Waals surface area contributed by atoms with E-state index in [9.17, 15) is 0 Å². The number of hydrogen-bond acceptors (Lipinski definition) is 4. The average molecular weight is 189 g/mol. The molecule has 0 aromatic carbocycles. The fourth-order valence-corrected chi connectivity index (χ4v) is 1.16. The van der Waals surface area contributed by atoms with Gasteiger partial charge in [0.05, 0.1) is 11.8 Å². The summed E-state index contributed by atoms with van der Waals surface area (Å²) in [4.78, 5) is 8.22. The van der Waals surface area contributed by atoms with Crippen LogP contribution in [0.15, 0.2) is 24.7 Å². The maximum absolute atomic E-state index is 5.56. The van der Waals surface area contributed by atoms with Gasteiger partial charge in [0.2, 0.25) is 0 Å². The van der Waals surface area contributed by atoms with Gasteiger partial charge < -0.3 is 5.73 Å². The van der Waals surface area contributed by atoms with Crippen LogP contribution < -0.4 is 5.73 Å². The Morgan fingerprint density at radius 3 is 3.00 bits per heavy atom. The lowest BCUT2D eigenvalue weighted by Gasteiger charge is -1.96. The van der Waals surface area contributed by atoms with Crippen molar-refractivity contribution in [2.45, 2.75) is 13.5 Å². The average Bonchev–Trinajstić information content (AvgIpc) is 2.66. The highest BCUT2D eigenvalue weighted by molar-refractivity contribution is 5.53. The number of rotatable bonds is 2. The molecule has 5 heteroatoms. The van der Waals surface area contributed by atoms with E-state index in [0.717, 1.165) is 12.1 Å². The molecule has 5 nitrogen and oxygen atoms in total. The van der Waals surface area contributed by atoms with Crippen LogP contribution in [0.25, 0.3) is 11.4 Å². The molecule has 72 valence electrons. The highest BCUT2D eigenvalue weighted by atomic mass is 15.3. The number of nitrogens with two attached hydrogens (primary N) is 1. The van der Waals surface area contributed by atoms with E-state index in [1.807, 2.05) is 17.8 Å². The summed E-state index contributed by atoms with van der Waals surface area (Å²) in [7, 11) is 0. The van der Waals surface area contributed by atoms with Crippen molar-refractivity contribution in [3.63, 3.8) is 0 Å². The summed E-state index contributed by atoms with van der Waals surface area (Å²) in [5, 5.41) is 4.14. The standard InChI is InChI=1S/C9H11N5/c1-2-14-6-7(5-12-14)9-11-4-3-8(10)13-9/h3-6H,2H2,1H3,(H2,10,11,13). The minimum atomic E-state index is 0.472. The lowest BCUT2D eigenvalue weighted by Crippen LogP contribution is -1.94. The van der Waals surface area contributed by atoms with E-state index in [1.165, 1.54) is 0 Å². The maximum Gasteiger partial charge on any atom is 0.164 e. The normalized spacial score (nSPS) is 10.4. The van der Waals surface area contributed by atoms with Crippen LogP contribution in [0, 0.1) is 0 Å². The summed E-state index contributed by atoms with van der Waals surface area (Å²) in [5.41, 5.74) is 6.45. The number of nitrogen functional groups attached to an aromatic ring is 1. The van der Waals surface area contributed by atoms with Crippen molar-refractivity contribution in [3.05, 3.63) is 24.7 Å². The quantitative estimate of drug-likeness (QED) is 0.763. The number of aryl methyl sites for hydroxylation is 1. The molecular formula is C9H11N5. The molecule has 14 heavy (non-hydrogen) atoms. The number of aromatic nitrogens is 4. The first-order valence-corrected chi connectivity index (χ1v) is 4.41. The molecule has 0 fully saturated rings. The summed E-state index contributed by atoms with van der Waals surface area (Å²) in [6.45, 7) is 2.86. The molecule has 0 spiro atoms. The van der Waals surface area contributed by atoms with Crippen molar-refractivity contribution in [1.29, 1.82) is 0 Å². The fourth-order valence-electron chi connectivity index (χ4n) is 1.16. The smallest absolute Gasteiger partial charge is 0.164 e. The molecule has 2 heterocycles. The lowest BCUT2D eigenvalue weighted by atomic mass is 10.3. The van der Waals surface area contributed by atoms with Gasteiger partial charge in [0, 0.05) is 18.9 Å². The van der Waals surface area contributed by atoms with Crippen LogP contribution in [-0.4, -0.2) is 19.7 Å². The number of hydrogen-bond donors (Lipinski definition) is 1. The second-order valence-electron chi connectivity index (χ2n) is 2.89. The molecule has 0 radical (unpaired) electrons. The summed E-state index contributed by atoms with van der Waals surface area (Å²) < 4.78 is 1.82. The molecule has 0 saturated carbocycles. The summed E-state index contributed by atoms with van der Waals surface area (Å²) in [6, 6.07) is 1.66. The van der Waals surface area contributed by atoms with Gasteiger partial charge in [-0.3, -0.25) is 4.68 Å². The predicted octanol–water partition coefficient (Wildman–Crippen LogP) is 0.942. The van der Waals surface area contributed by atoms with E-state index in [2.05, 4.69) is 15.1 Å². The van der Waals surface area contributed by atoms with E-state index >= 15 is 0 Å². The molecule has 0 saturated heterocycles. The minimum absolute atomic E-state index is 0.472. The molecule has 0 unspecified atom stereocenters. The summed E-state index contributed by atoms with van der Waals surface area (Å²) in [5.74, 6) is 1.09. The van der Waals surface area contributed by atoms with Gasteiger partial charge in [-0.05, 0) is 13.0 Å². The van der Waals surface area contributed by atoms with Crippen LogP contribution >= 0.6 is 0 Å². The topological polar surface area (TPSA) is 69.6 Å². The molecule has 0 aliphatic rings. The Balaban J connectivity index is 2.39. The van der Waals surface area contributed by atoms with Crippen LogP contribution in [-0.2, 0) is 6.54 Å². The Bertz CT molecular complexity index is 434. The number of nitrogens with zero attached hydrogens (tertiary/aromatic N) is 4. The van der Waals surface area contributed by atoms with Crippen molar-refractivity contribution in [3.8, 4) is 11.4 Å². The zero-order valence-electron chi connectivity index (χ0n) is 7.88. The third-order valence-corrected chi connectivity index (χ3v) is 1.89. The van der Waals surface area contributed by atoms with Gasteiger partial charge in [0.25, 0.3) is 0 Å². The molecule has 0 atom stereocenters. The van der Waals surface area contributed by atoms with Gasteiger partial charge in [-0.15, -0.1) is 0 Å². The molecular weight excluding hydrogens is 178 g/mol. The maximum atomic E-state index is 5.56. The zero-order chi connectivity index (χ0) is 9.97. The third-order valence-electron chi connectivity index (χ3n) is 1.89. The largest absolute Gasteiger partial charge is 0.384 e. The first-order valence-electron chi connectivity index (χ1n) is 4.41. The molecule has 2 aromatic rings. The van der Waals surface area contributed by atoms with Crippen LogP contribution in [0.2, 0.25) is 0 Å². The summed E-state index contributed by atoms with van der Waals surface area (Å²) in [6.07, 6.45) is 5.27. The Morgan fingerprint density at radius 2 is 2.36 bits per heavy atom. The third kappa shape index (κ3) is 1.56. The molecule has 0 bridgehead atoms. The van der Waals surface area contributed by atoms with Gasteiger partial charge in [-0.25, -0.2) is 9.97 Å². The van der Waals surface area contributed by atoms with Crippen LogP contribution in [0.5, 0.6) is 0 Å². The lowest BCUT2D eigenvalue weighted by molar-refractivity contribution is 0.660. The van der Waals surface area contributed by atoms with Gasteiger partial charge >= 0.3 is 0 Å². The summed E-state index contributed by atoms with van der Waals surface area (Å²) >= 11 is 0. The van der Waals surface area contributed by atoms with Crippen LogP contribution in [0.3, 0.4) is 0 Å². The fraction of sp³-hybridized carbons (Fsp3) is 0.222. The van der Waals surface area contributed by atoms with Gasteiger partial charge in [0.1, 0.15) is 5.82 Å². The van der Waals surface area contributed by atoms with E-state index in [4.69, 9.17) is 5.73 Å². The van der Waals surface area contributed by atoms with E-state index in [0.29, 0.717) is 11.6 Å². The Hall–Kier alpha value is -1.91. The van der Waals surface area contributed by atoms with Gasteiger partial charge in [0.15, 0.2) is 5.82 Å². The molecule has 0 aliphatic carbocycles. The van der Waals surface area contributed by atoms with Crippen molar-refractivity contribution >= 4 is 5.82 Å². The van der Waals surface area contributed by atoms with Crippen molar-refractivity contribution in [2.75, 3.05) is 5.73 Å². The highest BCUT2D eigenvalue weighted by Gasteiger charge is 2.03. The minimum Gasteiger partial charge on any atom is -0.384 e. The van der Waals surface area contributed by atoms with Crippen LogP contribution in [0.4, 0.5) is 5.82 Å². The van der Waals surface area contributed by atoms with Crippen molar-refractivity contribution < 1.29 is 0 Å².